The van der Waals surface area contributed by atoms with E-state index in [0.717, 1.165) is 30.6 Å². The van der Waals surface area contributed by atoms with Gasteiger partial charge in [-0.3, -0.25) is 4.79 Å². The van der Waals surface area contributed by atoms with Gasteiger partial charge in [0.05, 0.1) is 0 Å². The standard InChI is InChI=1S/C15H22O/c1-11-5-4-6-12(10-16)9-14-13(8-7-11)15(14,2)3/h5,9-10,13-14H,4,6-8H2,1-3H3/b11-5-,12-9-/t13-,14-/m1/s1. The Balaban J connectivity index is 2.18. The van der Waals surface area contributed by atoms with Crippen molar-refractivity contribution in [2.45, 2.75) is 46.5 Å². The predicted octanol–water partition coefficient (Wildman–Crippen LogP) is 3.90. The normalized spacial score (nSPS) is 39.7. The fourth-order valence-electron chi connectivity index (χ4n) is 3.05. The fourth-order valence-corrected chi connectivity index (χ4v) is 3.05. The molecule has 0 aromatic rings. The Morgan fingerprint density at radius 2 is 2.12 bits per heavy atom. The number of carbonyl (C=O) groups is 1. The Kier molecular flexibility index (Phi) is 3.05. The lowest BCUT2D eigenvalue weighted by atomic mass is 10.0. The first-order chi connectivity index (χ1) is 7.55. The molecule has 0 N–H and O–H groups in total. The fraction of sp³-hybridized carbons (Fsp3) is 0.667. The van der Waals surface area contributed by atoms with Crippen LogP contribution in [0.3, 0.4) is 0 Å². The van der Waals surface area contributed by atoms with Crippen molar-refractivity contribution in [2.24, 2.45) is 17.3 Å². The van der Waals surface area contributed by atoms with E-state index in [2.05, 4.69) is 32.9 Å². The summed E-state index contributed by atoms with van der Waals surface area (Å²) in [5.41, 5.74) is 2.92. The Morgan fingerprint density at radius 1 is 1.38 bits per heavy atom. The summed E-state index contributed by atoms with van der Waals surface area (Å²) >= 11 is 0. The van der Waals surface area contributed by atoms with Crippen molar-refractivity contribution in [2.75, 3.05) is 0 Å². The zero-order valence-corrected chi connectivity index (χ0v) is 10.6. The second-order valence-electron chi connectivity index (χ2n) is 5.94. The number of allylic oxidation sites excluding steroid dienone is 4. The van der Waals surface area contributed by atoms with Gasteiger partial charge in [-0.25, -0.2) is 0 Å². The zero-order valence-electron chi connectivity index (χ0n) is 10.6. The molecule has 0 radical (unpaired) electrons. The van der Waals surface area contributed by atoms with Crippen molar-refractivity contribution in [3.05, 3.63) is 23.3 Å². The molecule has 0 heterocycles. The minimum absolute atomic E-state index is 0.416. The van der Waals surface area contributed by atoms with E-state index < -0.39 is 0 Å². The van der Waals surface area contributed by atoms with Gasteiger partial charge in [-0.05, 0) is 55.4 Å². The van der Waals surface area contributed by atoms with Gasteiger partial charge < -0.3 is 0 Å². The zero-order chi connectivity index (χ0) is 11.8. The summed E-state index contributed by atoms with van der Waals surface area (Å²) < 4.78 is 0. The Hall–Kier alpha value is -0.850. The highest BCUT2D eigenvalue weighted by Crippen LogP contribution is 2.61. The molecule has 1 saturated carbocycles. The summed E-state index contributed by atoms with van der Waals surface area (Å²) in [6.45, 7) is 6.88. The van der Waals surface area contributed by atoms with Crippen molar-refractivity contribution in [3.63, 3.8) is 0 Å². The maximum absolute atomic E-state index is 11.0. The van der Waals surface area contributed by atoms with E-state index >= 15 is 0 Å². The van der Waals surface area contributed by atoms with E-state index in [1.807, 2.05) is 0 Å². The van der Waals surface area contributed by atoms with Crippen LogP contribution >= 0.6 is 0 Å². The van der Waals surface area contributed by atoms with Crippen molar-refractivity contribution in [1.82, 2.24) is 0 Å². The number of carbonyl (C=O) groups excluding carboxylic acids is 1. The van der Waals surface area contributed by atoms with Gasteiger partial charge in [-0.2, -0.15) is 0 Å². The van der Waals surface area contributed by atoms with Crippen LogP contribution in [0.2, 0.25) is 0 Å². The summed E-state index contributed by atoms with van der Waals surface area (Å²) in [4.78, 5) is 11.0. The molecule has 2 aliphatic rings. The number of hydrogen-bond donors (Lipinski definition) is 0. The average molecular weight is 218 g/mol. The highest BCUT2D eigenvalue weighted by atomic mass is 16.1. The van der Waals surface area contributed by atoms with Gasteiger partial charge in [0.25, 0.3) is 0 Å². The SMILES string of the molecule is C/C1=C/CC/C(C=O)=C/[C@@H]2[C@@H](CC1)C2(C)C. The molecule has 1 nitrogen and oxygen atoms in total. The number of hydrogen-bond acceptors (Lipinski definition) is 1. The van der Waals surface area contributed by atoms with Crippen LogP contribution in [0.4, 0.5) is 0 Å². The quantitative estimate of drug-likeness (QED) is 0.482. The first-order valence-electron chi connectivity index (χ1n) is 6.37. The maximum atomic E-state index is 11.0. The summed E-state index contributed by atoms with van der Waals surface area (Å²) in [5, 5.41) is 0. The highest BCUT2D eigenvalue weighted by molar-refractivity contribution is 5.73. The van der Waals surface area contributed by atoms with Crippen molar-refractivity contribution < 1.29 is 4.79 Å². The van der Waals surface area contributed by atoms with Gasteiger partial charge >= 0.3 is 0 Å². The molecule has 0 aromatic heterocycles. The van der Waals surface area contributed by atoms with Crippen molar-refractivity contribution >= 4 is 6.29 Å². The monoisotopic (exact) mass is 218 g/mol. The van der Waals surface area contributed by atoms with Gasteiger partial charge in [0.15, 0.2) is 0 Å². The molecule has 0 bridgehead atoms. The molecule has 0 aliphatic heterocycles. The molecule has 1 fully saturated rings. The molecular weight excluding hydrogens is 196 g/mol. The van der Waals surface area contributed by atoms with Crippen LogP contribution in [-0.2, 0) is 4.79 Å². The third kappa shape index (κ3) is 2.14. The van der Waals surface area contributed by atoms with Crippen LogP contribution in [0.15, 0.2) is 23.3 Å². The van der Waals surface area contributed by atoms with E-state index in [1.54, 1.807) is 0 Å². The van der Waals surface area contributed by atoms with Gasteiger partial charge in [0.2, 0.25) is 0 Å². The molecule has 0 aromatic carbocycles. The molecule has 2 aliphatic carbocycles. The lowest BCUT2D eigenvalue weighted by Crippen LogP contribution is -1.91. The van der Waals surface area contributed by atoms with Crippen molar-refractivity contribution in [1.29, 1.82) is 0 Å². The van der Waals surface area contributed by atoms with Crippen molar-refractivity contribution in [3.8, 4) is 0 Å². The highest BCUT2D eigenvalue weighted by Gasteiger charge is 2.55. The largest absolute Gasteiger partial charge is 0.298 e. The van der Waals surface area contributed by atoms with E-state index in [4.69, 9.17) is 0 Å². The lowest BCUT2D eigenvalue weighted by Gasteiger charge is -2.04. The maximum Gasteiger partial charge on any atom is 0.145 e. The van der Waals surface area contributed by atoms with Gasteiger partial charge in [-0.15, -0.1) is 0 Å². The topological polar surface area (TPSA) is 17.1 Å². The Labute approximate surface area is 98.6 Å². The molecule has 2 atom stereocenters. The molecule has 2 rings (SSSR count). The molecule has 0 spiro atoms. The van der Waals surface area contributed by atoms with Gasteiger partial charge in [0, 0.05) is 0 Å². The second-order valence-corrected chi connectivity index (χ2v) is 5.94. The Morgan fingerprint density at radius 3 is 2.81 bits per heavy atom. The van der Waals surface area contributed by atoms with E-state index in [9.17, 15) is 4.79 Å². The molecule has 0 amide bonds. The predicted molar refractivity (Wildman–Crippen MR) is 67.1 cm³/mol. The molecule has 88 valence electrons. The van der Waals surface area contributed by atoms with E-state index in [-0.39, 0.29) is 0 Å². The molecule has 1 heteroatoms. The van der Waals surface area contributed by atoms with E-state index in [0.29, 0.717) is 11.3 Å². The van der Waals surface area contributed by atoms with Gasteiger partial charge in [-0.1, -0.05) is 31.6 Å². The van der Waals surface area contributed by atoms with Crippen LogP contribution in [-0.4, -0.2) is 6.29 Å². The van der Waals surface area contributed by atoms with Crippen LogP contribution in [0.1, 0.15) is 46.5 Å². The third-order valence-electron chi connectivity index (χ3n) is 4.46. The van der Waals surface area contributed by atoms with Gasteiger partial charge in [0.1, 0.15) is 6.29 Å². The molecular formula is C15H22O. The number of aldehydes is 1. The number of fused-ring (bicyclic) bond motifs is 1. The first-order valence-corrected chi connectivity index (χ1v) is 6.37. The summed E-state index contributed by atoms with van der Waals surface area (Å²) in [6, 6.07) is 0. The minimum Gasteiger partial charge on any atom is -0.298 e. The molecule has 0 unspecified atom stereocenters. The van der Waals surface area contributed by atoms with Crippen LogP contribution in [0.5, 0.6) is 0 Å². The van der Waals surface area contributed by atoms with Crippen LogP contribution in [0.25, 0.3) is 0 Å². The smallest absolute Gasteiger partial charge is 0.145 e. The summed E-state index contributed by atoms with van der Waals surface area (Å²) in [7, 11) is 0. The lowest BCUT2D eigenvalue weighted by molar-refractivity contribution is -0.105. The molecule has 16 heavy (non-hydrogen) atoms. The minimum atomic E-state index is 0.416. The molecule has 0 saturated heterocycles. The summed E-state index contributed by atoms with van der Waals surface area (Å²) in [6.07, 6.45) is 10.0. The van der Waals surface area contributed by atoms with E-state index in [1.165, 1.54) is 18.4 Å². The first kappa shape index (κ1) is 11.6. The van der Waals surface area contributed by atoms with Crippen LogP contribution in [0, 0.1) is 17.3 Å². The average Bonchev–Trinajstić information content (AvgIpc) is 2.76. The Bertz CT molecular complexity index is 346. The summed E-state index contributed by atoms with van der Waals surface area (Å²) in [5.74, 6) is 1.42. The third-order valence-corrected chi connectivity index (χ3v) is 4.46. The number of rotatable bonds is 1. The second kappa shape index (κ2) is 4.20. The van der Waals surface area contributed by atoms with Crippen LogP contribution < -0.4 is 0 Å².